The Morgan fingerprint density at radius 3 is 2.43 bits per heavy atom. The van der Waals surface area contributed by atoms with Crippen LogP contribution in [0.2, 0.25) is 0 Å². The van der Waals surface area contributed by atoms with Crippen molar-refractivity contribution in [1.82, 2.24) is 19.9 Å². The summed E-state index contributed by atoms with van der Waals surface area (Å²) in [6.45, 7) is 0.0406. The SMILES string of the molecule is Cc1ccc(-c2ccn3nc(N)nc3c2F)c(F)c1C(=O)NCC(F)(F)[C@@H](O)c1ccc(F)cc1. The predicted octanol–water partition coefficient (Wildman–Crippen LogP) is 3.80. The molecule has 0 spiro atoms. The van der Waals surface area contributed by atoms with Crippen molar-refractivity contribution >= 4 is 17.5 Å². The Morgan fingerprint density at radius 2 is 1.74 bits per heavy atom. The van der Waals surface area contributed by atoms with E-state index >= 15 is 4.39 Å². The largest absolute Gasteiger partial charge is 0.382 e. The van der Waals surface area contributed by atoms with E-state index in [0.717, 1.165) is 28.8 Å². The highest BCUT2D eigenvalue weighted by Gasteiger charge is 2.40. The van der Waals surface area contributed by atoms with Gasteiger partial charge in [0, 0.05) is 17.3 Å². The van der Waals surface area contributed by atoms with E-state index in [9.17, 15) is 27.5 Å². The minimum Gasteiger partial charge on any atom is -0.382 e. The zero-order chi connectivity index (χ0) is 25.5. The van der Waals surface area contributed by atoms with Crippen LogP contribution in [0.3, 0.4) is 0 Å². The monoisotopic (exact) mass is 491 g/mol. The van der Waals surface area contributed by atoms with Gasteiger partial charge in [-0.3, -0.25) is 4.79 Å². The lowest BCUT2D eigenvalue weighted by Crippen LogP contribution is -2.41. The summed E-state index contributed by atoms with van der Waals surface area (Å²) in [6, 6.07) is 7.56. The fraction of sp³-hybridized carbons (Fsp3) is 0.174. The van der Waals surface area contributed by atoms with Crippen molar-refractivity contribution in [3.05, 3.63) is 82.8 Å². The molecule has 12 heteroatoms. The van der Waals surface area contributed by atoms with Gasteiger partial charge in [0.1, 0.15) is 17.7 Å². The Morgan fingerprint density at radius 1 is 1.09 bits per heavy atom. The van der Waals surface area contributed by atoms with Gasteiger partial charge in [-0.25, -0.2) is 26.5 Å². The number of aryl methyl sites for hydroxylation is 1. The fourth-order valence-corrected chi connectivity index (χ4v) is 3.57. The van der Waals surface area contributed by atoms with Gasteiger partial charge in [0.25, 0.3) is 11.8 Å². The van der Waals surface area contributed by atoms with Gasteiger partial charge >= 0.3 is 0 Å². The maximum absolute atomic E-state index is 15.4. The summed E-state index contributed by atoms with van der Waals surface area (Å²) in [6.07, 6.45) is -1.05. The number of anilines is 1. The summed E-state index contributed by atoms with van der Waals surface area (Å²) >= 11 is 0. The Hall–Kier alpha value is -4.06. The summed E-state index contributed by atoms with van der Waals surface area (Å²) in [5.41, 5.74) is 3.92. The number of nitrogens with zero attached hydrogens (tertiary/aromatic N) is 3. The number of nitrogen functional groups attached to an aromatic ring is 1. The summed E-state index contributed by atoms with van der Waals surface area (Å²) in [4.78, 5) is 16.4. The minimum atomic E-state index is -3.86. The van der Waals surface area contributed by atoms with Crippen LogP contribution < -0.4 is 11.1 Å². The third kappa shape index (κ3) is 4.52. The number of pyridine rings is 1. The lowest BCUT2D eigenvalue weighted by atomic mass is 9.98. The minimum absolute atomic E-state index is 0.111. The van der Waals surface area contributed by atoms with E-state index in [1.165, 1.54) is 31.3 Å². The van der Waals surface area contributed by atoms with E-state index in [0.29, 0.717) is 0 Å². The van der Waals surface area contributed by atoms with Crippen molar-refractivity contribution in [3.63, 3.8) is 0 Å². The summed E-state index contributed by atoms with van der Waals surface area (Å²) < 4.78 is 73.4. The molecule has 0 aliphatic heterocycles. The molecule has 0 aliphatic rings. The van der Waals surface area contributed by atoms with Crippen LogP contribution in [0.5, 0.6) is 0 Å². The molecule has 0 unspecified atom stereocenters. The summed E-state index contributed by atoms with van der Waals surface area (Å²) in [7, 11) is 0. The number of nitrogens with two attached hydrogens (primary N) is 1. The number of alkyl halides is 2. The molecule has 2 aromatic heterocycles. The average Bonchev–Trinajstić information content (AvgIpc) is 3.20. The Balaban J connectivity index is 1.61. The maximum atomic E-state index is 15.4. The highest BCUT2D eigenvalue weighted by molar-refractivity contribution is 5.97. The van der Waals surface area contributed by atoms with Gasteiger partial charge in [-0.15, -0.1) is 5.10 Å². The van der Waals surface area contributed by atoms with Crippen LogP contribution in [-0.4, -0.2) is 38.1 Å². The van der Waals surface area contributed by atoms with E-state index in [1.807, 2.05) is 5.32 Å². The highest BCUT2D eigenvalue weighted by Crippen LogP contribution is 2.32. The molecule has 2 heterocycles. The number of aromatic nitrogens is 3. The smallest absolute Gasteiger partial charge is 0.294 e. The lowest BCUT2D eigenvalue weighted by molar-refractivity contribution is -0.106. The van der Waals surface area contributed by atoms with Crippen LogP contribution in [0.25, 0.3) is 16.8 Å². The highest BCUT2D eigenvalue weighted by atomic mass is 19.3. The first-order chi connectivity index (χ1) is 16.5. The average molecular weight is 491 g/mol. The third-order valence-electron chi connectivity index (χ3n) is 5.40. The van der Waals surface area contributed by atoms with Gasteiger partial charge in [-0.05, 0) is 36.2 Å². The number of halogens is 5. The number of nitrogens with one attached hydrogen (secondary N) is 1. The first kappa shape index (κ1) is 24.1. The van der Waals surface area contributed by atoms with Crippen molar-refractivity contribution in [2.45, 2.75) is 19.0 Å². The van der Waals surface area contributed by atoms with Gasteiger partial charge in [-0.2, -0.15) is 4.98 Å². The zero-order valence-electron chi connectivity index (χ0n) is 18.1. The second kappa shape index (κ2) is 8.95. The molecule has 2 aromatic carbocycles. The van der Waals surface area contributed by atoms with Crippen molar-refractivity contribution in [1.29, 1.82) is 0 Å². The molecule has 0 radical (unpaired) electrons. The van der Waals surface area contributed by atoms with E-state index in [1.54, 1.807) is 0 Å². The van der Waals surface area contributed by atoms with E-state index in [2.05, 4.69) is 10.1 Å². The molecule has 0 saturated heterocycles. The number of hydrogen-bond acceptors (Lipinski definition) is 5. The number of carbonyl (C=O) groups excluding carboxylic acids is 1. The molecular weight excluding hydrogens is 473 g/mol. The van der Waals surface area contributed by atoms with Gasteiger partial charge in [0.2, 0.25) is 5.95 Å². The van der Waals surface area contributed by atoms with Gasteiger partial charge < -0.3 is 16.2 Å². The quantitative estimate of drug-likeness (QED) is 0.356. The van der Waals surface area contributed by atoms with Crippen molar-refractivity contribution < 1.29 is 31.9 Å². The Bertz CT molecular complexity index is 1420. The molecule has 0 bridgehead atoms. The molecule has 4 aromatic rings. The molecule has 182 valence electrons. The first-order valence-corrected chi connectivity index (χ1v) is 10.2. The van der Waals surface area contributed by atoms with Gasteiger partial charge in [-0.1, -0.05) is 24.3 Å². The number of aliphatic hydroxyl groups excluding tert-OH is 1. The van der Waals surface area contributed by atoms with Crippen molar-refractivity contribution in [2.75, 3.05) is 12.3 Å². The number of benzene rings is 2. The topological polar surface area (TPSA) is 106 Å². The van der Waals surface area contributed by atoms with Crippen LogP contribution in [0.1, 0.15) is 27.6 Å². The lowest BCUT2D eigenvalue weighted by Gasteiger charge is -2.23. The molecule has 1 amide bonds. The molecule has 4 rings (SSSR count). The standard InChI is InChI=1S/C23H18F5N5O2/c1-11-2-7-14(15-8-9-33-20(18(15)26)31-22(29)32-33)17(25)16(11)21(35)30-10-23(27,28)19(34)12-3-5-13(24)6-4-12/h2-9,19,34H,10H2,1H3,(H2,29,32)(H,30,35)/t19-/m0/s1. The maximum Gasteiger partial charge on any atom is 0.294 e. The first-order valence-electron chi connectivity index (χ1n) is 10.2. The predicted molar refractivity (Wildman–Crippen MR) is 116 cm³/mol. The van der Waals surface area contributed by atoms with Gasteiger partial charge in [0.05, 0.1) is 12.1 Å². The van der Waals surface area contributed by atoms with Crippen LogP contribution >= 0.6 is 0 Å². The van der Waals surface area contributed by atoms with E-state index in [-0.39, 0.29) is 33.8 Å². The Kier molecular flexibility index (Phi) is 6.15. The number of aliphatic hydroxyl groups is 1. The van der Waals surface area contributed by atoms with Crippen LogP contribution in [0.15, 0.2) is 48.7 Å². The molecule has 7 nitrogen and oxygen atoms in total. The van der Waals surface area contributed by atoms with E-state index < -0.39 is 47.5 Å². The van der Waals surface area contributed by atoms with Crippen molar-refractivity contribution in [2.24, 2.45) is 0 Å². The number of rotatable bonds is 6. The van der Waals surface area contributed by atoms with Gasteiger partial charge in [0.15, 0.2) is 11.5 Å². The molecule has 0 fully saturated rings. The molecule has 0 saturated carbocycles. The molecule has 0 aliphatic carbocycles. The fourth-order valence-electron chi connectivity index (χ4n) is 3.57. The number of amides is 1. The van der Waals surface area contributed by atoms with E-state index in [4.69, 9.17) is 5.73 Å². The summed E-state index contributed by atoms with van der Waals surface area (Å²) in [5.74, 6) is -8.01. The second-order valence-corrected chi connectivity index (χ2v) is 7.80. The second-order valence-electron chi connectivity index (χ2n) is 7.80. The van der Waals surface area contributed by atoms with Crippen LogP contribution in [-0.2, 0) is 0 Å². The molecular formula is C23H18F5N5O2. The third-order valence-corrected chi connectivity index (χ3v) is 5.40. The van der Waals surface area contributed by atoms with Crippen LogP contribution in [0, 0.1) is 24.4 Å². The Labute approximate surface area is 195 Å². The molecule has 35 heavy (non-hydrogen) atoms. The number of carbonyl (C=O) groups is 1. The summed E-state index contributed by atoms with van der Waals surface area (Å²) in [5, 5.41) is 15.6. The van der Waals surface area contributed by atoms with Crippen molar-refractivity contribution in [3.8, 4) is 11.1 Å². The zero-order valence-corrected chi connectivity index (χ0v) is 18.1. The molecule has 1 atom stereocenters. The molecule has 4 N–H and O–H groups in total. The van der Waals surface area contributed by atoms with Crippen LogP contribution in [0.4, 0.5) is 27.9 Å². The normalized spacial score (nSPS) is 12.7. The number of fused-ring (bicyclic) bond motifs is 1. The number of hydrogen-bond donors (Lipinski definition) is 3.